The van der Waals surface area contributed by atoms with Gasteiger partial charge in [0.15, 0.2) is 0 Å². The van der Waals surface area contributed by atoms with Gasteiger partial charge in [-0.25, -0.2) is 22.0 Å². The van der Waals surface area contributed by atoms with Crippen molar-refractivity contribution in [1.82, 2.24) is 0 Å². The van der Waals surface area contributed by atoms with Crippen LogP contribution in [0, 0.1) is 11.3 Å². The van der Waals surface area contributed by atoms with Gasteiger partial charge in [-0.15, -0.1) is 0 Å². The molecule has 0 saturated carbocycles. The average molecular weight is 246 g/mol. The second kappa shape index (κ2) is 4.49. The summed E-state index contributed by atoms with van der Waals surface area (Å²) in [7, 11) is 0. The summed E-state index contributed by atoms with van der Waals surface area (Å²) in [5.74, 6) is -5.53. The molecule has 0 aliphatic heterocycles. The van der Waals surface area contributed by atoms with Gasteiger partial charge in [-0.05, 0) is 6.42 Å². The molecule has 0 fully saturated rings. The molecule has 5 heteroatoms. The molecule has 0 aliphatic rings. The number of hydrogen-bond acceptors (Lipinski definition) is 0. The Balaban J connectivity index is 5.63. The van der Waals surface area contributed by atoms with Gasteiger partial charge in [-0.2, -0.15) is 0 Å². The third kappa shape index (κ3) is 2.05. The minimum absolute atomic E-state index is 0.0872. The van der Waals surface area contributed by atoms with Crippen LogP contribution in [0.5, 0.6) is 0 Å². The number of alkyl halides is 5. The van der Waals surface area contributed by atoms with Crippen LogP contribution in [0.2, 0.25) is 0 Å². The summed E-state index contributed by atoms with van der Waals surface area (Å²) in [4.78, 5) is 0. The monoisotopic (exact) mass is 246 g/mol. The van der Waals surface area contributed by atoms with E-state index in [1.165, 1.54) is 6.92 Å². The van der Waals surface area contributed by atoms with Gasteiger partial charge < -0.3 is 0 Å². The molecular weight excluding hydrogens is 227 g/mol. The zero-order valence-electron chi connectivity index (χ0n) is 10.3. The smallest absolute Gasteiger partial charge is 0.230 e. The molecular formula is C11H19F5. The van der Waals surface area contributed by atoms with Gasteiger partial charge >= 0.3 is 0 Å². The fraction of sp³-hybridized carbons (Fsp3) is 1.00. The summed E-state index contributed by atoms with van der Waals surface area (Å²) in [6.07, 6.45) is -3.80. The van der Waals surface area contributed by atoms with Gasteiger partial charge in [0.1, 0.15) is 0 Å². The average Bonchev–Trinajstić information content (AvgIpc) is 2.15. The molecule has 0 heterocycles. The van der Waals surface area contributed by atoms with Crippen molar-refractivity contribution in [3.8, 4) is 0 Å². The maximum Gasteiger partial charge on any atom is 0.289 e. The quantitative estimate of drug-likeness (QED) is 0.617. The predicted molar refractivity (Wildman–Crippen MR) is 53.7 cm³/mol. The second-order valence-corrected chi connectivity index (χ2v) is 5.03. The molecule has 0 saturated heterocycles. The first-order valence-electron chi connectivity index (χ1n) is 5.30. The van der Waals surface area contributed by atoms with E-state index < -0.39 is 29.3 Å². The lowest BCUT2D eigenvalue weighted by Gasteiger charge is -2.45. The highest BCUT2D eigenvalue weighted by Crippen LogP contribution is 2.53. The number of rotatable bonds is 5. The molecule has 0 aromatic heterocycles. The lowest BCUT2D eigenvalue weighted by atomic mass is 9.68. The summed E-state index contributed by atoms with van der Waals surface area (Å²) >= 11 is 0. The van der Waals surface area contributed by atoms with Crippen LogP contribution in [0.1, 0.15) is 41.0 Å². The van der Waals surface area contributed by atoms with Gasteiger partial charge in [-0.3, -0.25) is 0 Å². The molecule has 98 valence electrons. The highest BCUT2D eigenvalue weighted by molar-refractivity contribution is 5.06. The summed E-state index contributed by atoms with van der Waals surface area (Å²) in [5, 5.41) is 0. The normalized spacial score (nSPS) is 18.0. The van der Waals surface area contributed by atoms with Crippen molar-refractivity contribution < 1.29 is 22.0 Å². The van der Waals surface area contributed by atoms with E-state index in [1.54, 1.807) is 0 Å². The molecule has 0 nitrogen and oxygen atoms in total. The van der Waals surface area contributed by atoms with Crippen molar-refractivity contribution in [1.29, 1.82) is 0 Å². The molecule has 0 N–H and O–H groups in total. The lowest BCUT2D eigenvalue weighted by Crippen LogP contribution is -2.61. The molecule has 0 aromatic rings. The van der Waals surface area contributed by atoms with E-state index >= 15 is 0 Å². The first kappa shape index (κ1) is 15.7. The highest BCUT2D eigenvalue weighted by atomic mass is 19.3. The molecule has 0 aromatic carbocycles. The second-order valence-electron chi connectivity index (χ2n) is 5.03. The molecule has 0 aliphatic carbocycles. The number of hydrogen-bond donors (Lipinski definition) is 0. The van der Waals surface area contributed by atoms with E-state index in [9.17, 15) is 22.0 Å². The fourth-order valence-electron chi connectivity index (χ4n) is 1.57. The Hall–Kier alpha value is -0.350. The van der Waals surface area contributed by atoms with Crippen LogP contribution in [0.15, 0.2) is 0 Å². The topological polar surface area (TPSA) is 0 Å². The Labute approximate surface area is 93.2 Å². The number of halogens is 5. The van der Waals surface area contributed by atoms with E-state index in [0.29, 0.717) is 0 Å². The maximum absolute atomic E-state index is 14.2. The molecule has 1 atom stereocenters. The zero-order chi connectivity index (χ0) is 13.4. The van der Waals surface area contributed by atoms with Crippen molar-refractivity contribution >= 4 is 0 Å². The Kier molecular flexibility index (Phi) is 4.39. The Morgan fingerprint density at radius 1 is 1.00 bits per heavy atom. The molecule has 0 bridgehead atoms. The molecule has 0 spiro atoms. The molecule has 0 amide bonds. The van der Waals surface area contributed by atoms with Crippen molar-refractivity contribution in [2.75, 3.05) is 0 Å². The maximum atomic E-state index is 14.2. The highest BCUT2D eigenvalue weighted by Gasteiger charge is 2.69. The molecule has 16 heavy (non-hydrogen) atoms. The van der Waals surface area contributed by atoms with E-state index in [1.807, 2.05) is 0 Å². The van der Waals surface area contributed by atoms with E-state index in [2.05, 4.69) is 0 Å². The van der Waals surface area contributed by atoms with Crippen LogP contribution in [0.25, 0.3) is 0 Å². The predicted octanol–water partition coefficient (Wildman–Crippen LogP) is 4.69. The molecule has 0 radical (unpaired) electrons. The van der Waals surface area contributed by atoms with Gasteiger partial charge in [0.2, 0.25) is 5.67 Å². The van der Waals surface area contributed by atoms with Crippen molar-refractivity contribution in [2.45, 2.75) is 59.1 Å². The van der Waals surface area contributed by atoms with E-state index in [0.717, 1.165) is 27.7 Å². The van der Waals surface area contributed by atoms with E-state index in [-0.39, 0.29) is 6.42 Å². The van der Waals surface area contributed by atoms with Crippen LogP contribution in [0.3, 0.4) is 0 Å². The SMILES string of the molecule is CCC(C)(C)C(F)(C(F)F)C(F)(F)C(C)C. The van der Waals surface area contributed by atoms with Crippen LogP contribution in [-0.4, -0.2) is 18.0 Å². The largest absolute Gasteiger partial charge is 0.289 e. The summed E-state index contributed by atoms with van der Waals surface area (Å²) < 4.78 is 67.1. The first-order chi connectivity index (χ1) is 6.95. The standard InChI is InChI=1S/C11H19F5/c1-6-9(4,5)10(14,8(12)13)11(15,16)7(2)3/h7-8H,6H2,1-5H3. The third-order valence-electron chi connectivity index (χ3n) is 3.38. The fourth-order valence-corrected chi connectivity index (χ4v) is 1.57. The van der Waals surface area contributed by atoms with Crippen molar-refractivity contribution in [3.63, 3.8) is 0 Å². The minimum Gasteiger partial charge on any atom is -0.230 e. The van der Waals surface area contributed by atoms with Crippen molar-refractivity contribution in [2.24, 2.45) is 11.3 Å². The summed E-state index contributed by atoms with van der Waals surface area (Å²) in [6.45, 7) is 5.73. The van der Waals surface area contributed by atoms with Gasteiger partial charge in [0.05, 0.1) is 0 Å². The van der Waals surface area contributed by atoms with Crippen LogP contribution in [-0.2, 0) is 0 Å². The Morgan fingerprint density at radius 3 is 1.56 bits per heavy atom. The first-order valence-corrected chi connectivity index (χ1v) is 5.30. The van der Waals surface area contributed by atoms with Crippen LogP contribution in [0.4, 0.5) is 22.0 Å². The Morgan fingerprint density at radius 2 is 1.38 bits per heavy atom. The molecule has 0 rings (SSSR count). The van der Waals surface area contributed by atoms with Gasteiger partial charge in [0.25, 0.3) is 12.3 Å². The Bertz CT molecular complexity index is 235. The van der Waals surface area contributed by atoms with Gasteiger partial charge in [0, 0.05) is 11.3 Å². The third-order valence-corrected chi connectivity index (χ3v) is 3.38. The lowest BCUT2D eigenvalue weighted by molar-refractivity contribution is -0.262. The van der Waals surface area contributed by atoms with Crippen molar-refractivity contribution in [3.05, 3.63) is 0 Å². The van der Waals surface area contributed by atoms with Gasteiger partial charge in [-0.1, -0.05) is 34.6 Å². The summed E-state index contributed by atoms with van der Waals surface area (Å²) in [6, 6.07) is 0. The molecule has 1 unspecified atom stereocenters. The summed E-state index contributed by atoms with van der Waals surface area (Å²) in [5.41, 5.74) is -5.59. The van der Waals surface area contributed by atoms with E-state index in [4.69, 9.17) is 0 Å². The van der Waals surface area contributed by atoms with Crippen LogP contribution >= 0.6 is 0 Å². The zero-order valence-corrected chi connectivity index (χ0v) is 10.3. The van der Waals surface area contributed by atoms with Crippen LogP contribution < -0.4 is 0 Å². The minimum atomic E-state index is -4.05.